The Labute approximate surface area is 222 Å². The molecule has 1 aliphatic carbocycles. The molecule has 2 amide bonds. The van der Waals surface area contributed by atoms with Crippen molar-refractivity contribution in [3.8, 4) is 6.07 Å². The van der Waals surface area contributed by atoms with Crippen LogP contribution in [-0.4, -0.2) is 82.3 Å². The molecule has 0 unspecified atom stereocenters. The molecule has 0 radical (unpaired) electrons. The van der Waals surface area contributed by atoms with Crippen molar-refractivity contribution < 1.29 is 23.1 Å². The topological polar surface area (TPSA) is 157 Å². The summed E-state index contributed by atoms with van der Waals surface area (Å²) in [4.78, 5) is 28.0. The number of carbonyl (C=O) groups excluding carboxylic acids is 2. The summed E-state index contributed by atoms with van der Waals surface area (Å²) in [5.41, 5.74) is 2.35. The first-order chi connectivity index (χ1) is 17.9. The summed E-state index contributed by atoms with van der Waals surface area (Å²) in [6.45, 7) is 3.75. The van der Waals surface area contributed by atoms with Gasteiger partial charge in [-0.2, -0.15) is 10.4 Å². The van der Waals surface area contributed by atoms with E-state index in [1.54, 1.807) is 38.4 Å². The van der Waals surface area contributed by atoms with Crippen molar-refractivity contribution in [3.05, 3.63) is 52.3 Å². The second kappa shape index (κ2) is 10.1. The molecule has 11 nitrogen and oxygen atoms in total. The number of hydrogen-bond acceptors (Lipinski definition) is 8. The number of rotatable bonds is 10. The monoisotopic (exact) mass is 542 g/mol. The van der Waals surface area contributed by atoms with Crippen LogP contribution in [-0.2, 0) is 29.9 Å². The van der Waals surface area contributed by atoms with Gasteiger partial charge in [-0.15, -0.1) is 0 Å². The molecule has 2 aliphatic rings. The Morgan fingerprint density at radius 1 is 1.29 bits per heavy atom. The highest BCUT2D eigenvalue weighted by Gasteiger charge is 2.62. The van der Waals surface area contributed by atoms with Crippen molar-refractivity contribution in [2.24, 2.45) is 7.05 Å². The molecule has 12 heteroatoms. The molecule has 0 spiro atoms. The van der Waals surface area contributed by atoms with Gasteiger partial charge in [-0.25, -0.2) is 8.42 Å². The van der Waals surface area contributed by atoms with E-state index >= 15 is 0 Å². The van der Waals surface area contributed by atoms with E-state index in [0.29, 0.717) is 30.4 Å². The minimum Gasteiger partial charge on any atom is -0.390 e. The molecule has 1 aliphatic heterocycles. The van der Waals surface area contributed by atoms with E-state index in [0.717, 1.165) is 5.56 Å². The van der Waals surface area contributed by atoms with E-state index in [2.05, 4.69) is 15.7 Å². The fourth-order valence-electron chi connectivity index (χ4n) is 5.04. The van der Waals surface area contributed by atoms with E-state index in [1.807, 2.05) is 6.07 Å². The lowest BCUT2D eigenvalue weighted by atomic mass is 10.0. The van der Waals surface area contributed by atoms with E-state index in [4.69, 9.17) is 5.26 Å². The third-order valence-electron chi connectivity index (χ3n) is 7.77. The van der Waals surface area contributed by atoms with Crippen LogP contribution in [0.25, 0.3) is 0 Å². The van der Waals surface area contributed by atoms with Crippen molar-refractivity contribution in [3.63, 3.8) is 0 Å². The standard InChI is InChI=1S/C26H34N6O5S/c1-25(2,20(33)15-28-3)38(36,37)26(10-11-26)16-32-12-9-19-21(30-31(4)22(19)24(32)35)23(34)29-14-18-7-5-17(13-27)6-8-18/h5-8,20,28,33H,9-12,14-16H2,1-4H3,(H,29,34)/t20-/m0/s1. The molecule has 0 saturated heterocycles. The number of likely N-dealkylation sites (N-methyl/N-ethyl adjacent to an activating group) is 1. The van der Waals surface area contributed by atoms with Crippen molar-refractivity contribution >= 4 is 21.7 Å². The van der Waals surface area contributed by atoms with Gasteiger partial charge in [0.2, 0.25) is 0 Å². The van der Waals surface area contributed by atoms with Crippen LogP contribution >= 0.6 is 0 Å². The minimum absolute atomic E-state index is 0.0364. The average molecular weight is 543 g/mol. The smallest absolute Gasteiger partial charge is 0.272 e. The van der Waals surface area contributed by atoms with Crippen LogP contribution in [0.4, 0.5) is 0 Å². The van der Waals surface area contributed by atoms with Gasteiger partial charge in [0.05, 0.1) is 27.2 Å². The summed E-state index contributed by atoms with van der Waals surface area (Å²) < 4.78 is 26.2. The molecule has 1 atom stereocenters. The summed E-state index contributed by atoms with van der Waals surface area (Å²) in [5, 5.41) is 29.4. The lowest BCUT2D eigenvalue weighted by Crippen LogP contribution is -2.56. The highest BCUT2D eigenvalue weighted by molar-refractivity contribution is 7.94. The Kier molecular flexibility index (Phi) is 7.40. The van der Waals surface area contributed by atoms with Gasteiger partial charge in [-0.1, -0.05) is 12.1 Å². The van der Waals surface area contributed by atoms with Crippen LogP contribution < -0.4 is 10.6 Å². The molecule has 4 rings (SSSR count). The van der Waals surface area contributed by atoms with Gasteiger partial charge in [-0.3, -0.25) is 14.3 Å². The SMILES string of the molecule is CNC[C@H](O)C(C)(C)S(=O)(=O)C1(CN2CCc3c(C(=O)NCc4ccc(C#N)cc4)nn(C)c3C2=O)CC1. The van der Waals surface area contributed by atoms with Gasteiger partial charge in [0.25, 0.3) is 11.8 Å². The number of aliphatic hydroxyl groups excluding tert-OH is 1. The summed E-state index contributed by atoms with van der Waals surface area (Å²) in [5.74, 6) is -0.767. The van der Waals surface area contributed by atoms with Gasteiger partial charge in [0.15, 0.2) is 15.5 Å². The molecule has 38 heavy (non-hydrogen) atoms. The third kappa shape index (κ3) is 4.70. The number of amides is 2. The van der Waals surface area contributed by atoms with Crippen LogP contribution in [0.15, 0.2) is 24.3 Å². The fraction of sp³-hybridized carbons (Fsp3) is 0.538. The van der Waals surface area contributed by atoms with Gasteiger partial charge in [-0.05, 0) is 57.9 Å². The summed E-state index contributed by atoms with van der Waals surface area (Å²) in [6, 6.07) is 8.91. The first-order valence-electron chi connectivity index (χ1n) is 12.6. The minimum atomic E-state index is -3.79. The summed E-state index contributed by atoms with van der Waals surface area (Å²) >= 11 is 0. The maximum absolute atomic E-state index is 13.7. The normalized spacial score (nSPS) is 17.5. The fourth-order valence-corrected chi connectivity index (χ4v) is 7.56. The maximum Gasteiger partial charge on any atom is 0.272 e. The number of nitrogens with zero attached hydrogens (tertiary/aromatic N) is 4. The highest BCUT2D eigenvalue weighted by atomic mass is 32.2. The van der Waals surface area contributed by atoms with Crippen LogP contribution in [0.5, 0.6) is 0 Å². The highest BCUT2D eigenvalue weighted by Crippen LogP contribution is 2.50. The Balaban J connectivity index is 1.49. The van der Waals surface area contributed by atoms with Crippen LogP contribution in [0, 0.1) is 11.3 Å². The number of hydrogen-bond donors (Lipinski definition) is 3. The predicted octanol–water partition coefficient (Wildman–Crippen LogP) is 0.526. The molecular weight excluding hydrogens is 508 g/mol. The molecule has 204 valence electrons. The van der Waals surface area contributed by atoms with Crippen molar-refractivity contribution in [2.45, 2.75) is 55.3 Å². The van der Waals surface area contributed by atoms with Gasteiger partial charge >= 0.3 is 0 Å². The Morgan fingerprint density at radius 3 is 2.53 bits per heavy atom. The zero-order valence-electron chi connectivity index (χ0n) is 22.1. The number of aliphatic hydroxyl groups is 1. The van der Waals surface area contributed by atoms with Crippen LogP contribution in [0.3, 0.4) is 0 Å². The Bertz CT molecular complexity index is 1390. The molecule has 1 aromatic carbocycles. The number of nitrogens with one attached hydrogen (secondary N) is 2. The second-order valence-corrected chi connectivity index (χ2v) is 13.6. The van der Waals surface area contributed by atoms with Crippen molar-refractivity contribution in [1.29, 1.82) is 5.26 Å². The van der Waals surface area contributed by atoms with Crippen LogP contribution in [0.2, 0.25) is 0 Å². The number of carbonyl (C=O) groups is 2. The summed E-state index contributed by atoms with van der Waals surface area (Å²) in [7, 11) is -0.547. The largest absolute Gasteiger partial charge is 0.390 e. The number of sulfone groups is 1. The first-order valence-corrected chi connectivity index (χ1v) is 14.1. The van der Waals surface area contributed by atoms with Gasteiger partial charge in [0.1, 0.15) is 5.69 Å². The Morgan fingerprint density at radius 2 is 1.95 bits per heavy atom. The zero-order chi connectivity index (χ0) is 27.9. The number of aryl methyl sites for hydroxylation is 1. The quantitative estimate of drug-likeness (QED) is 0.392. The molecule has 1 fully saturated rings. The van der Waals surface area contributed by atoms with E-state index < -0.39 is 31.3 Å². The Hall–Kier alpha value is -3.27. The van der Waals surface area contributed by atoms with E-state index in [1.165, 1.54) is 23.4 Å². The van der Waals surface area contributed by atoms with Crippen molar-refractivity contribution in [1.82, 2.24) is 25.3 Å². The lowest BCUT2D eigenvalue weighted by Gasteiger charge is -2.37. The van der Waals surface area contributed by atoms with Gasteiger partial charge in [0, 0.05) is 38.8 Å². The molecule has 1 aromatic heterocycles. The number of nitriles is 1. The molecule has 0 bridgehead atoms. The maximum atomic E-state index is 13.7. The van der Waals surface area contributed by atoms with E-state index in [-0.39, 0.29) is 43.5 Å². The average Bonchev–Trinajstić information content (AvgIpc) is 3.60. The number of benzene rings is 1. The third-order valence-corrected chi connectivity index (χ3v) is 11.1. The second-order valence-electron chi connectivity index (χ2n) is 10.6. The molecule has 2 aromatic rings. The zero-order valence-corrected chi connectivity index (χ0v) is 22.9. The van der Waals surface area contributed by atoms with E-state index in [9.17, 15) is 23.1 Å². The summed E-state index contributed by atoms with van der Waals surface area (Å²) in [6.07, 6.45) is 0.129. The van der Waals surface area contributed by atoms with Gasteiger partial charge < -0.3 is 20.6 Å². The predicted molar refractivity (Wildman–Crippen MR) is 140 cm³/mol. The first kappa shape index (κ1) is 27.8. The number of fused-ring (bicyclic) bond motifs is 1. The van der Waals surface area contributed by atoms with Crippen molar-refractivity contribution in [2.75, 3.05) is 26.7 Å². The molecule has 1 saturated carbocycles. The van der Waals surface area contributed by atoms with Crippen LogP contribution in [0.1, 0.15) is 64.4 Å². The lowest BCUT2D eigenvalue weighted by molar-refractivity contribution is 0.0723. The number of aromatic nitrogens is 2. The molecular formula is C26H34N6O5S. The molecule has 3 N–H and O–H groups in total. The molecule has 2 heterocycles.